The number of para-hydroxylation sites is 1. The van der Waals surface area contributed by atoms with Crippen LogP contribution in [0.5, 0.6) is 11.5 Å². The van der Waals surface area contributed by atoms with E-state index in [1.165, 1.54) is 0 Å². The highest BCUT2D eigenvalue weighted by atomic mass is 35.5. The summed E-state index contributed by atoms with van der Waals surface area (Å²) >= 11 is 6.48. The Hall–Kier alpha value is -3.88. The van der Waals surface area contributed by atoms with Gasteiger partial charge in [-0.15, -0.1) is 0 Å². The van der Waals surface area contributed by atoms with Gasteiger partial charge in [0.15, 0.2) is 11.3 Å². The highest BCUT2D eigenvalue weighted by Gasteiger charge is 2.49. The molecule has 2 aromatic carbocycles. The predicted molar refractivity (Wildman–Crippen MR) is 123 cm³/mol. The zero-order valence-electron chi connectivity index (χ0n) is 17.1. The van der Waals surface area contributed by atoms with Crippen molar-refractivity contribution in [1.82, 2.24) is 9.97 Å². The van der Waals surface area contributed by atoms with Crippen molar-refractivity contribution < 1.29 is 19.1 Å². The topological polar surface area (TPSA) is 105 Å². The summed E-state index contributed by atoms with van der Waals surface area (Å²) in [5, 5.41) is 7.01. The van der Waals surface area contributed by atoms with Crippen LogP contribution in [-0.4, -0.2) is 40.4 Å². The van der Waals surface area contributed by atoms with Gasteiger partial charge in [0, 0.05) is 17.8 Å². The Kier molecular flexibility index (Phi) is 4.39. The second-order valence-corrected chi connectivity index (χ2v) is 8.42. The Bertz CT molecular complexity index is 1430. The Morgan fingerprint density at radius 2 is 1.91 bits per heavy atom. The van der Waals surface area contributed by atoms with Gasteiger partial charge in [-0.25, -0.2) is 4.98 Å². The number of pyridine rings is 1. The lowest BCUT2D eigenvalue weighted by Crippen LogP contribution is -2.65. The van der Waals surface area contributed by atoms with E-state index in [1.54, 1.807) is 30.6 Å². The van der Waals surface area contributed by atoms with Gasteiger partial charge in [-0.05, 0) is 24.3 Å². The van der Waals surface area contributed by atoms with Crippen molar-refractivity contribution >= 4 is 45.7 Å². The molecule has 1 fully saturated rings. The molecule has 8 nitrogen and oxygen atoms in total. The highest BCUT2D eigenvalue weighted by Crippen LogP contribution is 2.41. The van der Waals surface area contributed by atoms with E-state index in [-0.39, 0.29) is 29.9 Å². The molecule has 0 saturated carbocycles. The zero-order valence-corrected chi connectivity index (χ0v) is 17.9. The third-order valence-corrected chi connectivity index (χ3v) is 6.17. The van der Waals surface area contributed by atoms with Crippen LogP contribution in [0.3, 0.4) is 0 Å². The molecule has 9 heteroatoms. The van der Waals surface area contributed by atoms with Crippen molar-refractivity contribution in [2.24, 2.45) is 0 Å². The van der Waals surface area contributed by atoms with E-state index in [4.69, 9.17) is 21.1 Å². The number of aromatic amines is 1. The summed E-state index contributed by atoms with van der Waals surface area (Å²) < 4.78 is 11.1. The number of ketones is 1. The molecule has 1 saturated heterocycles. The Morgan fingerprint density at radius 1 is 1.09 bits per heavy atom. The van der Waals surface area contributed by atoms with Crippen molar-refractivity contribution in [1.29, 1.82) is 0 Å². The smallest absolute Gasteiger partial charge is 0.255 e. The minimum Gasteiger partial charge on any atom is -0.457 e. The highest BCUT2D eigenvalue weighted by molar-refractivity contribution is 6.36. The number of carbonyl (C=O) groups is 2. The van der Waals surface area contributed by atoms with Crippen LogP contribution in [0, 0.1) is 0 Å². The van der Waals surface area contributed by atoms with Crippen molar-refractivity contribution in [2.45, 2.75) is 5.54 Å². The number of hydrogen-bond donors (Lipinski definition) is 3. The molecule has 0 unspecified atom stereocenters. The SMILES string of the molecule is O=C(c1ccc(Oc2ccccc2)cc1Cl)c1c[nH]c2ncc3c(c12)NC1(COC1)C(=O)N3. The molecule has 0 radical (unpaired) electrons. The van der Waals surface area contributed by atoms with Gasteiger partial charge in [0.2, 0.25) is 0 Å². The Morgan fingerprint density at radius 3 is 2.64 bits per heavy atom. The summed E-state index contributed by atoms with van der Waals surface area (Å²) in [4.78, 5) is 33.4. The first-order valence-corrected chi connectivity index (χ1v) is 10.7. The average molecular weight is 461 g/mol. The molecule has 0 atom stereocenters. The first-order chi connectivity index (χ1) is 16.0. The van der Waals surface area contributed by atoms with E-state index in [0.29, 0.717) is 45.0 Å². The van der Waals surface area contributed by atoms with Crippen LogP contribution in [-0.2, 0) is 9.53 Å². The maximum atomic E-state index is 13.5. The van der Waals surface area contributed by atoms with Crippen molar-refractivity contribution in [3.05, 3.63) is 77.1 Å². The summed E-state index contributed by atoms with van der Waals surface area (Å²) in [6.07, 6.45) is 3.16. The number of anilines is 2. The zero-order chi connectivity index (χ0) is 22.6. The second kappa shape index (κ2) is 7.33. The molecule has 4 aromatic rings. The van der Waals surface area contributed by atoms with Gasteiger partial charge < -0.3 is 25.1 Å². The maximum absolute atomic E-state index is 13.5. The number of amides is 1. The van der Waals surface area contributed by atoms with Gasteiger partial charge in [0.1, 0.15) is 17.1 Å². The van der Waals surface area contributed by atoms with Gasteiger partial charge in [-0.2, -0.15) is 0 Å². The summed E-state index contributed by atoms with van der Waals surface area (Å²) in [6.45, 7) is 0.509. The predicted octanol–water partition coefficient (Wildman–Crippen LogP) is 4.37. The van der Waals surface area contributed by atoms with Crippen LogP contribution in [0.2, 0.25) is 5.02 Å². The molecule has 3 N–H and O–H groups in total. The van der Waals surface area contributed by atoms with Crippen LogP contribution in [0.25, 0.3) is 11.0 Å². The van der Waals surface area contributed by atoms with Crippen LogP contribution in [0.15, 0.2) is 60.9 Å². The van der Waals surface area contributed by atoms with Gasteiger partial charge in [0.05, 0.1) is 46.8 Å². The maximum Gasteiger partial charge on any atom is 0.255 e. The molecular weight excluding hydrogens is 444 g/mol. The monoisotopic (exact) mass is 460 g/mol. The Labute approximate surface area is 192 Å². The van der Waals surface area contributed by atoms with Crippen LogP contribution in [0.1, 0.15) is 15.9 Å². The number of carbonyl (C=O) groups excluding carboxylic acids is 2. The molecule has 1 amide bonds. The lowest BCUT2D eigenvalue weighted by molar-refractivity contribution is -0.135. The number of H-pyrrole nitrogens is 1. The number of hydrogen-bond acceptors (Lipinski definition) is 6. The van der Waals surface area contributed by atoms with Gasteiger partial charge >= 0.3 is 0 Å². The lowest BCUT2D eigenvalue weighted by Gasteiger charge is -2.44. The average Bonchev–Trinajstić information content (AvgIpc) is 3.22. The summed E-state index contributed by atoms with van der Waals surface area (Å²) in [5.74, 6) is 0.745. The fourth-order valence-corrected chi connectivity index (χ4v) is 4.32. The molecule has 6 rings (SSSR count). The number of nitrogens with zero attached hydrogens (tertiary/aromatic N) is 1. The minimum atomic E-state index is -0.840. The standard InChI is InChI=1S/C24H17ClN4O4/c25-17-8-14(33-13-4-2-1-3-5-13)6-7-15(17)21(30)16-9-26-22-19(16)20-18(10-27-22)28-23(31)24(29-20)11-32-12-24/h1-10,29H,11-12H2,(H,26,27)(H,28,31). The number of ether oxygens (including phenoxy) is 2. The second-order valence-electron chi connectivity index (χ2n) is 8.01. The van der Waals surface area contributed by atoms with E-state index in [9.17, 15) is 9.59 Å². The number of aromatic nitrogens is 2. The summed E-state index contributed by atoms with van der Waals surface area (Å²) in [6, 6.07) is 14.3. The van der Waals surface area contributed by atoms with E-state index in [0.717, 1.165) is 0 Å². The normalized spacial score (nSPS) is 16.0. The first kappa shape index (κ1) is 19.8. The van der Waals surface area contributed by atoms with E-state index >= 15 is 0 Å². The van der Waals surface area contributed by atoms with Crippen LogP contribution in [0.4, 0.5) is 11.4 Å². The van der Waals surface area contributed by atoms with Crippen LogP contribution < -0.4 is 15.4 Å². The number of nitrogens with one attached hydrogen (secondary N) is 3. The number of halogens is 1. The van der Waals surface area contributed by atoms with E-state index < -0.39 is 5.54 Å². The fourth-order valence-electron chi connectivity index (χ4n) is 4.06. The largest absolute Gasteiger partial charge is 0.457 e. The lowest BCUT2D eigenvalue weighted by atomic mass is 9.92. The van der Waals surface area contributed by atoms with Crippen molar-refractivity contribution in [3.63, 3.8) is 0 Å². The summed E-state index contributed by atoms with van der Waals surface area (Å²) in [5.41, 5.74) is 1.55. The molecule has 2 aromatic heterocycles. The number of rotatable bonds is 4. The number of fused-ring (bicyclic) bond motifs is 3. The van der Waals surface area contributed by atoms with Gasteiger partial charge in [-0.3, -0.25) is 9.59 Å². The minimum absolute atomic E-state index is 0.178. The fraction of sp³-hybridized carbons (Fsp3) is 0.125. The molecule has 164 valence electrons. The summed E-state index contributed by atoms with van der Waals surface area (Å²) in [7, 11) is 0. The quantitative estimate of drug-likeness (QED) is 0.390. The molecule has 0 bridgehead atoms. The van der Waals surface area contributed by atoms with E-state index in [1.807, 2.05) is 30.3 Å². The molecule has 1 spiro atoms. The third kappa shape index (κ3) is 3.14. The number of benzene rings is 2. The molecule has 2 aliphatic rings. The molecule has 2 aliphatic heterocycles. The van der Waals surface area contributed by atoms with Gasteiger partial charge in [0.25, 0.3) is 5.91 Å². The molecular formula is C24H17ClN4O4. The molecule has 0 aliphatic carbocycles. The van der Waals surface area contributed by atoms with Crippen molar-refractivity contribution in [2.75, 3.05) is 23.8 Å². The Balaban J connectivity index is 1.38. The molecule has 33 heavy (non-hydrogen) atoms. The first-order valence-electron chi connectivity index (χ1n) is 10.3. The van der Waals surface area contributed by atoms with Gasteiger partial charge in [-0.1, -0.05) is 29.8 Å². The van der Waals surface area contributed by atoms with E-state index in [2.05, 4.69) is 20.6 Å². The van der Waals surface area contributed by atoms with Crippen molar-refractivity contribution in [3.8, 4) is 11.5 Å². The molecule has 4 heterocycles. The third-order valence-electron chi connectivity index (χ3n) is 5.85. The van der Waals surface area contributed by atoms with Crippen LogP contribution >= 0.6 is 11.6 Å².